The van der Waals surface area contributed by atoms with E-state index in [1.807, 2.05) is 0 Å². The van der Waals surface area contributed by atoms with Gasteiger partial charge in [0.2, 0.25) is 0 Å². The highest BCUT2D eigenvalue weighted by Crippen LogP contribution is 2.18. The summed E-state index contributed by atoms with van der Waals surface area (Å²) in [4.78, 5) is 11.7. The molecular weight excluding hydrogens is 204 g/mol. The first-order valence-corrected chi connectivity index (χ1v) is 4.55. The van der Waals surface area contributed by atoms with Gasteiger partial charge in [0.05, 0.1) is 15.6 Å². The number of hydrogen-bond donors (Lipinski definition) is 1. The molecule has 0 bridgehead atoms. The van der Waals surface area contributed by atoms with Gasteiger partial charge in [-0.2, -0.15) is 0 Å². The number of carboxylic acids is 1. The van der Waals surface area contributed by atoms with Crippen molar-refractivity contribution in [2.75, 3.05) is 0 Å². The molecule has 2 nitrogen and oxygen atoms in total. The summed E-state index contributed by atoms with van der Waals surface area (Å²) >= 11 is 9.97. The Hall–Kier alpha value is -0.870. The van der Waals surface area contributed by atoms with E-state index in [4.69, 9.17) is 29.5 Å². The number of allylic oxidation sites excluding steroid dienone is 3. The molecule has 0 aromatic rings. The van der Waals surface area contributed by atoms with Crippen LogP contribution in [0.5, 0.6) is 0 Å². The van der Waals surface area contributed by atoms with Crippen molar-refractivity contribution in [3.8, 4) is 0 Å². The minimum atomic E-state index is -0.883. The summed E-state index contributed by atoms with van der Waals surface area (Å²) in [7, 11) is 0. The van der Waals surface area contributed by atoms with Gasteiger partial charge in [-0.1, -0.05) is 36.6 Å². The average molecular weight is 212 g/mol. The number of carbonyl (C=O) groups is 1. The Labute approximate surface area is 86.9 Å². The molecule has 1 atom stereocenters. The topological polar surface area (TPSA) is 37.3 Å². The van der Waals surface area contributed by atoms with Crippen molar-refractivity contribution in [2.24, 2.45) is 5.92 Å². The van der Waals surface area contributed by atoms with Crippen LogP contribution in [-0.2, 0) is 4.79 Å². The Bertz CT molecular complexity index is 340. The summed E-state index contributed by atoms with van der Waals surface area (Å²) in [5.41, 5.74) is 0.620. The Balaban J connectivity index is 2.98. The Kier molecular flexibility index (Phi) is 3.06. The molecule has 0 aliphatic heterocycles. The number of aliphatic carboxylic acids is 1. The number of thiocarbonyl (C=S) groups is 2. The van der Waals surface area contributed by atoms with Gasteiger partial charge in [0.1, 0.15) is 0 Å². The molecule has 1 rings (SSSR count). The predicted octanol–water partition coefficient (Wildman–Crippen LogP) is 1.94. The molecule has 13 heavy (non-hydrogen) atoms. The molecule has 0 heterocycles. The van der Waals surface area contributed by atoms with E-state index < -0.39 is 11.9 Å². The van der Waals surface area contributed by atoms with Crippen molar-refractivity contribution in [1.82, 2.24) is 0 Å². The number of hydrogen-bond acceptors (Lipinski definition) is 3. The lowest BCUT2D eigenvalue weighted by Crippen LogP contribution is -2.22. The van der Waals surface area contributed by atoms with Crippen molar-refractivity contribution >= 4 is 40.1 Å². The SMILES string of the molecule is CC(C(=O)O)C1=CC=CC(=S)C1=S. The molecule has 1 N–H and O–H groups in total. The molecule has 0 saturated carbocycles. The van der Waals surface area contributed by atoms with Crippen LogP contribution in [0.3, 0.4) is 0 Å². The van der Waals surface area contributed by atoms with E-state index >= 15 is 0 Å². The average Bonchev–Trinajstić information content (AvgIpc) is 2.08. The second kappa shape index (κ2) is 3.89. The fourth-order valence-corrected chi connectivity index (χ4v) is 1.52. The van der Waals surface area contributed by atoms with Crippen LogP contribution >= 0.6 is 24.4 Å². The fourth-order valence-electron chi connectivity index (χ4n) is 1.01. The monoisotopic (exact) mass is 212 g/mol. The van der Waals surface area contributed by atoms with Crippen LogP contribution in [0.25, 0.3) is 0 Å². The minimum absolute atomic E-state index is 0.479. The van der Waals surface area contributed by atoms with Crippen LogP contribution in [0, 0.1) is 5.92 Å². The molecular formula is C9H8O2S2. The third-order valence-corrected chi connectivity index (χ3v) is 2.77. The van der Waals surface area contributed by atoms with Gasteiger partial charge in [-0.15, -0.1) is 0 Å². The van der Waals surface area contributed by atoms with Gasteiger partial charge in [-0.25, -0.2) is 0 Å². The maximum Gasteiger partial charge on any atom is 0.310 e. The molecule has 0 saturated heterocycles. The van der Waals surface area contributed by atoms with Crippen molar-refractivity contribution in [1.29, 1.82) is 0 Å². The lowest BCUT2D eigenvalue weighted by molar-refractivity contribution is -0.139. The molecule has 1 aliphatic rings. The van der Waals surface area contributed by atoms with Crippen LogP contribution in [-0.4, -0.2) is 20.8 Å². The molecule has 0 aromatic carbocycles. The van der Waals surface area contributed by atoms with Gasteiger partial charge in [-0.3, -0.25) is 4.79 Å². The molecule has 1 aliphatic carbocycles. The standard InChI is InChI=1S/C9H8O2S2/c1-5(9(10)11)6-3-2-4-7(12)8(6)13/h2-5H,1H3,(H,10,11). The predicted molar refractivity (Wildman–Crippen MR) is 59.2 cm³/mol. The first kappa shape index (κ1) is 10.2. The van der Waals surface area contributed by atoms with Gasteiger partial charge < -0.3 is 5.11 Å². The summed E-state index contributed by atoms with van der Waals surface area (Å²) in [5.74, 6) is -1.47. The van der Waals surface area contributed by atoms with Gasteiger partial charge in [0.15, 0.2) is 0 Å². The van der Waals surface area contributed by atoms with Gasteiger partial charge in [0.25, 0.3) is 0 Å². The summed E-state index contributed by atoms with van der Waals surface area (Å²) in [5, 5.41) is 8.77. The van der Waals surface area contributed by atoms with Crippen molar-refractivity contribution in [3.05, 3.63) is 23.8 Å². The Morgan fingerprint density at radius 3 is 2.69 bits per heavy atom. The van der Waals surface area contributed by atoms with Gasteiger partial charge >= 0.3 is 5.97 Å². The molecule has 4 heteroatoms. The molecule has 0 spiro atoms. The van der Waals surface area contributed by atoms with E-state index in [-0.39, 0.29) is 0 Å². The van der Waals surface area contributed by atoms with E-state index in [2.05, 4.69) is 0 Å². The van der Waals surface area contributed by atoms with Crippen LogP contribution in [0.1, 0.15) is 6.92 Å². The molecule has 0 radical (unpaired) electrons. The van der Waals surface area contributed by atoms with Crippen molar-refractivity contribution < 1.29 is 9.90 Å². The molecule has 68 valence electrons. The third kappa shape index (κ3) is 2.08. The summed E-state index contributed by atoms with van der Waals surface area (Å²) in [6.45, 7) is 1.60. The highest BCUT2D eigenvalue weighted by molar-refractivity contribution is 7.90. The van der Waals surface area contributed by atoms with Gasteiger partial charge in [-0.05, 0) is 18.6 Å². The molecule has 0 fully saturated rings. The normalized spacial score (nSPS) is 18.4. The highest BCUT2D eigenvalue weighted by atomic mass is 32.1. The van der Waals surface area contributed by atoms with Crippen molar-refractivity contribution in [2.45, 2.75) is 6.92 Å². The zero-order chi connectivity index (χ0) is 10.0. The Morgan fingerprint density at radius 1 is 1.54 bits per heavy atom. The second-order valence-corrected chi connectivity index (χ2v) is 3.58. The van der Waals surface area contributed by atoms with Crippen LogP contribution < -0.4 is 0 Å². The van der Waals surface area contributed by atoms with E-state index in [1.165, 1.54) is 0 Å². The third-order valence-electron chi connectivity index (χ3n) is 1.85. The van der Waals surface area contributed by atoms with Gasteiger partial charge in [0, 0.05) is 0 Å². The molecule has 0 amide bonds. The summed E-state index contributed by atoms with van der Waals surface area (Å²) in [6, 6.07) is 0. The lowest BCUT2D eigenvalue weighted by Gasteiger charge is -2.14. The second-order valence-electron chi connectivity index (χ2n) is 2.73. The lowest BCUT2D eigenvalue weighted by atomic mass is 9.93. The van der Waals surface area contributed by atoms with E-state index in [0.29, 0.717) is 15.3 Å². The first-order valence-electron chi connectivity index (χ1n) is 3.73. The zero-order valence-corrected chi connectivity index (χ0v) is 8.61. The van der Waals surface area contributed by atoms with Crippen LogP contribution in [0.4, 0.5) is 0 Å². The minimum Gasteiger partial charge on any atom is -0.481 e. The largest absolute Gasteiger partial charge is 0.481 e. The van der Waals surface area contributed by atoms with Crippen molar-refractivity contribution in [3.63, 3.8) is 0 Å². The quantitative estimate of drug-likeness (QED) is 0.710. The van der Waals surface area contributed by atoms with E-state index in [1.54, 1.807) is 25.2 Å². The van der Waals surface area contributed by atoms with E-state index in [9.17, 15) is 4.79 Å². The van der Waals surface area contributed by atoms with Crippen LogP contribution in [0.15, 0.2) is 23.8 Å². The van der Waals surface area contributed by atoms with Crippen LogP contribution in [0.2, 0.25) is 0 Å². The maximum absolute atomic E-state index is 10.7. The number of rotatable bonds is 2. The first-order chi connectivity index (χ1) is 6.04. The Morgan fingerprint density at radius 2 is 2.15 bits per heavy atom. The van der Waals surface area contributed by atoms with E-state index in [0.717, 1.165) is 0 Å². The summed E-state index contributed by atoms with van der Waals surface area (Å²) < 4.78 is 0. The molecule has 1 unspecified atom stereocenters. The smallest absolute Gasteiger partial charge is 0.310 e. The number of carboxylic acid groups (broad SMARTS) is 1. The summed E-state index contributed by atoms with van der Waals surface area (Å²) in [6.07, 6.45) is 5.14. The highest BCUT2D eigenvalue weighted by Gasteiger charge is 2.22. The molecule has 0 aromatic heterocycles. The maximum atomic E-state index is 10.7. The zero-order valence-electron chi connectivity index (χ0n) is 6.98. The fraction of sp³-hybridized carbons (Fsp3) is 0.222.